The Kier molecular flexibility index (Phi) is 2.84. The fourth-order valence-corrected chi connectivity index (χ4v) is 3.87. The summed E-state index contributed by atoms with van der Waals surface area (Å²) in [6.07, 6.45) is 0. The molecule has 6 nitrogen and oxygen atoms in total. The van der Waals surface area contributed by atoms with Gasteiger partial charge < -0.3 is 9.47 Å². The van der Waals surface area contributed by atoms with Gasteiger partial charge in [0, 0.05) is 20.1 Å². The van der Waals surface area contributed by atoms with Crippen molar-refractivity contribution in [2.45, 2.75) is 18.8 Å². The highest BCUT2D eigenvalue weighted by Crippen LogP contribution is 2.78. The first-order valence-corrected chi connectivity index (χ1v) is 6.90. The average Bonchev–Trinajstić information content (AvgIpc) is 3.11. The van der Waals surface area contributed by atoms with Crippen molar-refractivity contribution in [3.63, 3.8) is 0 Å². The van der Waals surface area contributed by atoms with Crippen LogP contribution in [0.1, 0.15) is 17.0 Å². The van der Waals surface area contributed by atoms with Gasteiger partial charge in [0.1, 0.15) is 0 Å². The van der Waals surface area contributed by atoms with Crippen molar-refractivity contribution in [3.05, 3.63) is 35.4 Å². The number of hydrogen-bond donors (Lipinski definition) is 2. The minimum Gasteiger partial charge on any atom is -0.317 e. The fourth-order valence-electron chi connectivity index (χ4n) is 3.87. The Morgan fingerprint density at radius 2 is 1.73 bits per heavy atom. The first kappa shape index (κ1) is 14.5. The van der Waals surface area contributed by atoms with Gasteiger partial charge in [-0.25, -0.2) is 4.99 Å². The summed E-state index contributed by atoms with van der Waals surface area (Å²) in [7, 11) is 2.86. The Morgan fingerprint density at radius 1 is 1.14 bits per heavy atom. The molecule has 1 fully saturated rings. The van der Waals surface area contributed by atoms with E-state index in [2.05, 4.69) is 17.1 Å². The summed E-state index contributed by atoms with van der Waals surface area (Å²) in [6.45, 7) is 1.98. The number of aryl methyl sites for hydroxylation is 1. The van der Waals surface area contributed by atoms with Crippen molar-refractivity contribution >= 4 is 5.84 Å². The molecule has 3 N–H and O–H groups in total. The maximum Gasteiger partial charge on any atom is 0.342 e. The Morgan fingerprint density at radius 3 is 2.18 bits per heavy atom. The van der Waals surface area contributed by atoms with E-state index in [-0.39, 0.29) is 5.84 Å². The molecule has 3 atom stereocenters. The van der Waals surface area contributed by atoms with Crippen molar-refractivity contribution in [2.75, 3.05) is 14.2 Å². The average molecular weight is 297 g/mol. The largest absolute Gasteiger partial charge is 0.342 e. The molecule has 1 aromatic rings. The molecule has 1 saturated carbocycles. The Labute approximate surface area is 128 Å². The van der Waals surface area contributed by atoms with Crippen LogP contribution in [0.5, 0.6) is 0 Å². The molecule has 0 bridgehead atoms. The molecular formula is C16H17N4O2+. The van der Waals surface area contributed by atoms with Gasteiger partial charge in [-0.2, -0.15) is 10.5 Å². The van der Waals surface area contributed by atoms with Crippen LogP contribution in [0, 0.1) is 40.4 Å². The summed E-state index contributed by atoms with van der Waals surface area (Å²) in [5.41, 5.74) is 5.67. The monoisotopic (exact) mass is 297 g/mol. The normalized spacial score (nSPS) is 34.2. The summed E-state index contributed by atoms with van der Waals surface area (Å²) in [5, 5.41) is 19.7. The molecule has 1 aliphatic heterocycles. The number of nitriles is 2. The van der Waals surface area contributed by atoms with Crippen LogP contribution < -0.4 is 10.7 Å². The standard InChI is InChI=1S/C16H16N4O2/c1-10-4-6-11(7-5-10)12-14(8-17)13(19)20-16(21-2,22-3)15(12,14)9-18/h4-7,12H,1-3H3,(H2,19,20)/p+1/t12-,14-,15-/m1/s1. The Hall–Kier alpha value is -2.41. The predicted octanol–water partition coefficient (Wildman–Crippen LogP) is -0.490. The molecule has 3 rings (SSSR count). The van der Waals surface area contributed by atoms with Gasteiger partial charge in [0.25, 0.3) is 5.84 Å². The number of nitrogens with zero attached hydrogens (tertiary/aromatic N) is 2. The summed E-state index contributed by atoms with van der Waals surface area (Å²) in [4.78, 5) is 2.87. The second kappa shape index (κ2) is 4.30. The molecule has 0 aromatic heterocycles. The third-order valence-electron chi connectivity index (χ3n) is 4.99. The molecule has 2 aliphatic rings. The lowest BCUT2D eigenvalue weighted by Gasteiger charge is -2.26. The van der Waals surface area contributed by atoms with Gasteiger partial charge in [0.05, 0.1) is 12.1 Å². The van der Waals surface area contributed by atoms with E-state index in [4.69, 9.17) is 15.2 Å². The fraction of sp³-hybridized carbons (Fsp3) is 0.438. The van der Waals surface area contributed by atoms with Gasteiger partial charge in [-0.15, -0.1) is 0 Å². The topological polar surface area (TPSA) is 106 Å². The minimum absolute atomic E-state index is 0.214. The number of nitrogens with one attached hydrogen (secondary N) is 1. The molecule has 0 amide bonds. The SMILES string of the molecule is COC1(OC)[NH+]=C(N)[C@@]2(C#N)[C@@H](c3ccc(C)cc3)[C@@]12C#N. The number of benzene rings is 1. The van der Waals surface area contributed by atoms with Gasteiger partial charge in [-0.05, 0) is 12.5 Å². The van der Waals surface area contributed by atoms with Crippen LogP contribution in [0.2, 0.25) is 0 Å². The molecule has 0 unspecified atom stereocenters. The number of rotatable bonds is 3. The molecule has 0 spiro atoms. The van der Waals surface area contributed by atoms with E-state index in [9.17, 15) is 10.5 Å². The van der Waals surface area contributed by atoms with Crippen LogP contribution in [-0.2, 0) is 9.47 Å². The maximum atomic E-state index is 9.90. The quantitative estimate of drug-likeness (QED) is 0.732. The molecular weight excluding hydrogens is 280 g/mol. The lowest BCUT2D eigenvalue weighted by Crippen LogP contribution is -2.90. The highest BCUT2D eigenvalue weighted by atomic mass is 16.7. The number of methoxy groups -OCH3 is 2. The summed E-state index contributed by atoms with van der Waals surface area (Å²) < 4.78 is 10.9. The smallest absolute Gasteiger partial charge is 0.317 e. The third kappa shape index (κ3) is 1.24. The van der Waals surface area contributed by atoms with Crippen LogP contribution in [0.3, 0.4) is 0 Å². The molecule has 1 aromatic carbocycles. The van der Waals surface area contributed by atoms with E-state index in [0.29, 0.717) is 0 Å². The van der Waals surface area contributed by atoms with Crippen LogP contribution in [0.25, 0.3) is 0 Å². The van der Waals surface area contributed by atoms with Gasteiger partial charge in [-0.1, -0.05) is 29.8 Å². The molecule has 0 radical (unpaired) electrons. The number of fused-ring (bicyclic) bond motifs is 1. The van der Waals surface area contributed by atoms with Crippen LogP contribution in [0.4, 0.5) is 0 Å². The van der Waals surface area contributed by atoms with E-state index in [0.717, 1.165) is 11.1 Å². The lowest BCUT2D eigenvalue weighted by molar-refractivity contribution is -0.687. The molecule has 22 heavy (non-hydrogen) atoms. The maximum absolute atomic E-state index is 9.90. The minimum atomic E-state index is -1.43. The van der Waals surface area contributed by atoms with Crippen LogP contribution in [0.15, 0.2) is 24.3 Å². The van der Waals surface area contributed by atoms with Crippen LogP contribution in [-0.4, -0.2) is 26.0 Å². The van der Waals surface area contributed by atoms with Gasteiger partial charge in [-0.3, -0.25) is 5.73 Å². The molecule has 1 heterocycles. The summed E-state index contributed by atoms with van der Waals surface area (Å²) in [6, 6.07) is 12.2. The zero-order valence-electron chi connectivity index (χ0n) is 12.7. The van der Waals surface area contributed by atoms with Crippen molar-refractivity contribution < 1.29 is 14.5 Å². The summed E-state index contributed by atoms with van der Waals surface area (Å²) in [5.74, 6) is -1.63. The second-order valence-corrected chi connectivity index (χ2v) is 5.75. The zero-order chi connectivity index (χ0) is 16.2. The third-order valence-corrected chi connectivity index (χ3v) is 4.99. The van der Waals surface area contributed by atoms with E-state index >= 15 is 0 Å². The zero-order valence-corrected chi connectivity index (χ0v) is 12.7. The summed E-state index contributed by atoms with van der Waals surface area (Å²) >= 11 is 0. The molecule has 6 heteroatoms. The molecule has 0 saturated heterocycles. The highest BCUT2D eigenvalue weighted by Gasteiger charge is 2.96. The predicted molar refractivity (Wildman–Crippen MR) is 76.9 cm³/mol. The number of nitrogens with two attached hydrogens (primary N) is 1. The van der Waals surface area contributed by atoms with Gasteiger partial charge in [0.2, 0.25) is 0 Å². The van der Waals surface area contributed by atoms with E-state index in [1.54, 1.807) is 0 Å². The second-order valence-electron chi connectivity index (χ2n) is 5.75. The number of ether oxygens (including phenoxy) is 2. The van der Waals surface area contributed by atoms with Crippen molar-refractivity contribution in [1.82, 2.24) is 0 Å². The number of hydrogen-bond acceptors (Lipinski definition) is 5. The first-order chi connectivity index (χ1) is 10.5. The van der Waals surface area contributed by atoms with E-state index < -0.39 is 22.7 Å². The van der Waals surface area contributed by atoms with Crippen LogP contribution >= 0.6 is 0 Å². The van der Waals surface area contributed by atoms with Gasteiger partial charge in [0.15, 0.2) is 10.8 Å². The first-order valence-electron chi connectivity index (χ1n) is 6.90. The Bertz CT molecular complexity index is 739. The molecule has 1 aliphatic carbocycles. The van der Waals surface area contributed by atoms with Gasteiger partial charge >= 0.3 is 5.91 Å². The Balaban J connectivity index is 2.23. The lowest BCUT2D eigenvalue weighted by atomic mass is 9.93. The van der Waals surface area contributed by atoms with Crippen molar-refractivity contribution in [2.24, 2.45) is 16.6 Å². The van der Waals surface area contributed by atoms with E-state index in [1.807, 2.05) is 31.2 Å². The van der Waals surface area contributed by atoms with E-state index in [1.165, 1.54) is 14.2 Å². The molecule has 112 valence electrons. The highest BCUT2D eigenvalue weighted by molar-refractivity contribution is 5.95. The van der Waals surface area contributed by atoms with Crippen molar-refractivity contribution in [1.29, 1.82) is 10.5 Å². The number of amidine groups is 1. The van der Waals surface area contributed by atoms with Crippen molar-refractivity contribution in [3.8, 4) is 12.1 Å².